The summed E-state index contributed by atoms with van der Waals surface area (Å²) in [5, 5.41) is 7.46. The number of rotatable bonds is 2. The van der Waals surface area contributed by atoms with Crippen LogP contribution in [0.2, 0.25) is 0 Å². The van der Waals surface area contributed by atoms with Crippen LogP contribution in [-0.2, 0) is 0 Å². The minimum Gasteiger partial charge on any atom is -0.456 e. The van der Waals surface area contributed by atoms with E-state index in [1.165, 1.54) is 58.4 Å². The summed E-state index contributed by atoms with van der Waals surface area (Å²) in [6.07, 6.45) is 0. The third-order valence-corrected chi connectivity index (χ3v) is 9.64. The van der Waals surface area contributed by atoms with Crippen LogP contribution in [0.1, 0.15) is 0 Å². The maximum absolute atomic E-state index is 6.75. The van der Waals surface area contributed by atoms with Gasteiger partial charge in [-0.1, -0.05) is 48.5 Å². The van der Waals surface area contributed by atoms with Gasteiger partial charge in [-0.3, -0.25) is 0 Å². The third kappa shape index (κ3) is 2.50. The molecule has 6 aromatic carbocycles. The number of nitrogens with zero attached hydrogens (tertiary/aromatic N) is 2. The van der Waals surface area contributed by atoms with Crippen LogP contribution >= 0.6 is 11.3 Å². The van der Waals surface area contributed by atoms with Gasteiger partial charge < -0.3 is 13.6 Å². The number of fused-ring (bicyclic) bond motifs is 3. The molecular weight excluding hydrogens is 508 g/mol. The Morgan fingerprint density at radius 1 is 0.425 bits per heavy atom. The van der Waals surface area contributed by atoms with Gasteiger partial charge >= 0.3 is 0 Å². The van der Waals surface area contributed by atoms with E-state index in [4.69, 9.17) is 4.42 Å². The fraction of sp³-hybridized carbons (Fsp3) is 0. The maximum Gasteiger partial charge on any atom is 0.137 e. The molecule has 10 rings (SSSR count). The van der Waals surface area contributed by atoms with Crippen molar-refractivity contribution in [3.05, 3.63) is 121 Å². The first-order valence-corrected chi connectivity index (χ1v) is 14.3. The topological polar surface area (TPSA) is 23.0 Å². The molecule has 0 aliphatic rings. The van der Waals surface area contributed by atoms with Crippen LogP contribution in [-0.4, -0.2) is 9.13 Å². The van der Waals surface area contributed by atoms with Crippen LogP contribution < -0.4 is 0 Å². The molecule has 0 aliphatic carbocycles. The second-order valence-corrected chi connectivity index (χ2v) is 11.6. The number of para-hydroxylation sites is 1. The fourth-order valence-electron chi connectivity index (χ4n) is 6.91. The van der Waals surface area contributed by atoms with Gasteiger partial charge in [0.2, 0.25) is 0 Å². The molecule has 186 valence electrons. The molecule has 3 nitrogen and oxygen atoms in total. The van der Waals surface area contributed by atoms with Crippen LogP contribution in [0.4, 0.5) is 0 Å². The van der Waals surface area contributed by atoms with E-state index in [1.54, 1.807) is 0 Å². The van der Waals surface area contributed by atoms with E-state index < -0.39 is 0 Å². The van der Waals surface area contributed by atoms with E-state index in [0.29, 0.717) is 0 Å². The Labute approximate surface area is 232 Å². The quantitative estimate of drug-likeness (QED) is 0.219. The van der Waals surface area contributed by atoms with Crippen molar-refractivity contribution in [1.29, 1.82) is 0 Å². The van der Waals surface area contributed by atoms with Crippen LogP contribution in [0.15, 0.2) is 126 Å². The van der Waals surface area contributed by atoms with Crippen molar-refractivity contribution in [3.63, 3.8) is 0 Å². The molecule has 0 saturated carbocycles. The summed E-state index contributed by atoms with van der Waals surface area (Å²) in [4.78, 5) is 0. The zero-order chi connectivity index (χ0) is 25.9. The van der Waals surface area contributed by atoms with Gasteiger partial charge in [0, 0.05) is 42.3 Å². The average molecular weight is 529 g/mol. The first-order chi connectivity index (χ1) is 19.8. The highest BCUT2D eigenvalue weighted by Crippen LogP contribution is 2.46. The smallest absolute Gasteiger partial charge is 0.137 e. The molecule has 10 aromatic rings. The number of aromatic nitrogens is 2. The summed E-state index contributed by atoms with van der Waals surface area (Å²) in [6, 6.07) is 43.7. The molecule has 0 aliphatic heterocycles. The first kappa shape index (κ1) is 20.8. The van der Waals surface area contributed by atoms with Gasteiger partial charge in [-0.2, -0.15) is 0 Å². The van der Waals surface area contributed by atoms with Crippen molar-refractivity contribution in [3.8, 4) is 11.4 Å². The van der Waals surface area contributed by atoms with Crippen molar-refractivity contribution in [1.82, 2.24) is 9.13 Å². The highest BCUT2D eigenvalue weighted by molar-refractivity contribution is 7.25. The lowest BCUT2D eigenvalue weighted by molar-refractivity contribution is 0.664. The molecule has 0 amide bonds. The lowest BCUT2D eigenvalue weighted by Gasteiger charge is -2.09. The number of benzene rings is 6. The fourth-order valence-corrected chi connectivity index (χ4v) is 7.99. The van der Waals surface area contributed by atoms with Crippen molar-refractivity contribution in [2.24, 2.45) is 0 Å². The Bertz CT molecular complexity index is 2590. The zero-order valence-corrected chi connectivity index (χ0v) is 22.1. The molecule has 0 radical (unpaired) electrons. The Hall–Kier alpha value is -5.06. The second kappa shape index (κ2) is 7.32. The van der Waals surface area contributed by atoms with E-state index in [0.717, 1.165) is 27.9 Å². The normalized spacial score (nSPS) is 12.5. The van der Waals surface area contributed by atoms with Crippen LogP contribution in [0.25, 0.3) is 86.3 Å². The number of thiophene rings is 1. The summed E-state index contributed by atoms with van der Waals surface area (Å²) in [5.74, 6) is 0. The zero-order valence-electron chi connectivity index (χ0n) is 21.3. The molecule has 0 unspecified atom stereocenters. The lowest BCUT2D eigenvalue weighted by Crippen LogP contribution is -1.94. The van der Waals surface area contributed by atoms with Crippen molar-refractivity contribution >= 4 is 86.3 Å². The highest BCUT2D eigenvalue weighted by atomic mass is 32.1. The summed E-state index contributed by atoms with van der Waals surface area (Å²) < 4.78 is 14.2. The van der Waals surface area contributed by atoms with Gasteiger partial charge in [0.25, 0.3) is 0 Å². The van der Waals surface area contributed by atoms with E-state index in [2.05, 4.69) is 130 Å². The Kier molecular flexibility index (Phi) is 3.81. The third-order valence-electron chi connectivity index (χ3n) is 8.49. The molecule has 4 heteroatoms. The Balaban J connectivity index is 1.42. The van der Waals surface area contributed by atoms with Crippen LogP contribution in [0, 0.1) is 0 Å². The van der Waals surface area contributed by atoms with Gasteiger partial charge in [0.05, 0.1) is 32.8 Å². The molecule has 0 atom stereocenters. The Morgan fingerprint density at radius 2 is 1.02 bits per heavy atom. The molecule has 4 heterocycles. The number of hydrogen-bond donors (Lipinski definition) is 0. The predicted molar refractivity (Wildman–Crippen MR) is 169 cm³/mol. The summed E-state index contributed by atoms with van der Waals surface area (Å²) in [5.41, 5.74) is 8.84. The molecule has 0 N–H and O–H groups in total. The lowest BCUT2D eigenvalue weighted by atomic mass is 10.1. The van der Waals surface area contributed by atoms with E-state index in [-0.39, 0.29) is 0 Å². The van der Waals surface area contributed by atoms with E-state index in [1.807, 2.05) is 11.3 Å². The standard InChI is InChI=1S/C36H20N2OS/c1-2-8-21(9-3-1)37-25-11-6-13-29-33(25)35-27(37)17-18-28-36(35)34-26(12-7-14-30(34)39-29)38(28)22-16-19-32-24(20-22)23-10-4-5-15-31(23)40-32/h1-20H. The summed E-state index contributed by atoms with van der Waals surface area (Å²) in [7, 11) is 0. The number of hydrogen-bond acceptors (Lipinski definition) is 2. The van der Waals surface area contributed by atoms with Gasteiger partial charge in [-0.05, 0) is 72.8 Å². The van der Waals surface area contributed by atoms with Crippen LogP contribution in [0.5, 0.6) is 0 Å². The molecule has 0 fully saturated rings. The minimum atomic E-state index is 0.908. The summed E-state index contributed by atoms with van der Waals surface area (Å²) in [6.45, 7) is 0. The summed E-state index contributed by atoms with van der Waals surface area (Å²) >= 11 is 1.86. The van der Waals surface area contributed by atoms with E-state index >= 15 is 0 Å². The largest absolute Gasteiger partial charge is 0.456 e. The Morgan fingerprint density at radius 3 is 1.75 bits per heavy atom. The van der Waals surface area contributed by atoms with Gasteiger partial charge in [0.1, 0.15) is 11.2 Å². The molecule has 0 saturated heterocycles. The van der Waals surface area contributed by atoms with E-state index in [9.17, 15) is 0 Å². The van der Waals surface area contributed by atoms with Gasteiger partial charge in [0.15, 0.2) is 0 Å². The predicted octanol–water partition coefficient (Wildman–Crippen LogP) is 10.4. The van der Waals surface area contributed by atoms with Crippen LogP contribution in [0.3, 0.4) is 0 Å². The highest BCUT2D eigenvalue weighted by Gasteiger charge is 2.24. The maximum atomic E-state index is 6.75. The first-order valence-electron chi connectivity index (χ1n) is 13.5. The minimum absolute atomic E-state index is 0.908. The SMILES string of the molecule is c1ccc(-n2c3cccc4oc5cccc6c5c5c(c43)c2ccc5n6-c2ccc3sc4ccccc4c3c2)cc1. The van der Waals surface area contributed by atoms with Crippen molar-refractivity contribution in [2.75, 3.05) is 0 Å². The molecule has 0 bridgehead atoms. The molecular formula is C36H20N2OS. The van der Waals surface area contributed by atoms with Crippen molar-refractivity contribution < 1.29 is 4.42 Å². The van der Waals surface area contributed by atoms with Gasteiger partial charge in [-0.15, -0.1) is 11.3 Å². The second-order valence-electron chi connectivity index (χ2n) is 10.5. The molecule has 4 aromatic heterocycles. The molecule has 40 heavy (non-hydrogen) atoms. The average Bonchev–Trinajstić information content (AvgIpc) is 3.61. The molecule has 0 spiro atoms. The van der Waals surface area contributed by atoms with Crippen molar-refractivity contribution in [2.45, 2.75) is 0 Å². The monoisotopic (exact) mass is 528 g/mol. The van der Waals surface area contributed by atoms with Gasteiger partial charge in [-0.25, -0.2) is 0 Å².